The minimum absolute atomic E-state index is 0.0438. The van der Waals surface area contributed by atoms with E-state index in [1.807, 2.05) is 85.1 Å². The maximum absolute atomic E-state index is 12.4. The number of aryl methyl sites for hydroxylation is 1. The molecule has 2 aromatic heterocycles. The maximum Gasteiger partial charge on any atom is 0.260 e. The highest BCUT2D eigenvalue weighted by atomic mass is 16.5. The molecule has 0 spiro atoms. The number of amides is 1. The van der Waals surface area contributed by atoms with Crippen LogP contribution in [0.5, 0.6) is 0 Å². The minimum Gasteiger partial charge on any atom is -0.350 e. The third kappa shape index (κ3) is 4.11. The molecule has 4 rings (SSSR count). The van der Waals surface area contributed by atoms with Gasteiger partial charge in [-0.3, -0.25) is 4.79 Å². The van der Waals surface area contributed by atoms with Crippen molar-refractivity contribution in [3.05, 3.63) is 83.7 Å². The first kappa shape index (κ1) is 18.7. The van der Waals surface area contributed by atoms with Crippen LogP contribution in [0.4, 0.5) is 0 Å². The number of hydrogen-bond acceptors (Lipinski definition) is 4. The fourth-order valence-electron chi connectivity index (χ4n) is 3.29. The summed E-state index contributed by atoms with van der Waals surface area (Å²) in [6.07, 6.45) is 0. The number of carbonyl (C=O) groups is 1. The molecule has 146 valence electrons. The van der Waals surface area contributed by atoms with E-state index >= 15 is 0 Å². The third-order valence-corrected chi connectivity index (χ3v) is 4.90. The average molecular weight is 386 g/mol. The van der Waals surface area contributed by atoms with Crippen LogP contribution >= 0.6 is 0 Å². The van der Waals surface area contributed by atoms with Gasteiger partial charge in [-0.25, -0.2) is 0 Å². The number of nitrogens with zero attached hydrogens (tertiary/aromatic N) is 3. The molecule has 0 aliphatic heterocycles. The molecule has 6 nitrogen and oxygen atoms in total. The molecule has 2 aromatic carbocycles. The molecule has 0 atom stereocenters. The number of hydrogen-bond donors (Lipinski definition) is 1. The van der Waals surface area contributed by atoms with Crippen molar-refractivity contribution < 1.29 is 9.32 Å². The second kappa shape index (κ2) is 8.14. The van der Waals surface area contributed by atoms with E-state index in [-0.39, 0.29) is 12.5 Å². The molecule has 0 fully saturated rings. The van der Waals surface area contributed by atoms with Crippen LogP contribution in [0.1, 0.15) is 17.0 Å². The summed E-state index contributed by atoms with van der Waals surface area (Å²) in [7, 11) is 0. The molecule has 0 saturated carbocycles. The average Bonchev–Trinajstić information content (AvgIpc) is 3.34. The standard InChI is InChI=1S/C23H22N4O2/c1-16-13-20(23-25-22(26-29-23)19-11-7-4-8-12-19)17(2)27(16)15-21(28)24-14-18-9-5-3-6-10-18/h3-13H,14-15H2,1-2H3,(H,24,28). The second-order valence-electron chi connectivity index (χ2n) is 6.92. The van der Waals surface area contributed by atoms with Gasteiger partial charge in [0.2, 0.25) is 11.7 Å². The van der Waals surface area contributed by atoms with Crippen LogP contribution in [-0.4, -0.2) is 20.6 Å². The molecule has 0 unspecified atom stereocenters. The third-order valence-electron chi connectivity index (χ3n) is 4.90. The summed E-state index contributed by atoms with van der Waals surface area (Å²) in [5.74, 6) is 0.955. The van der Waals surface area contributed by atoms with Crippen molar-refractivity contribution in [1.29, 1.82) is 0 Å². The van der Waals surface area contributed by atoms with Gasteiger partial charge in [0.15, 0.2) is 0 Å². The second-order valence-corrected chi connectivity index (χ2v) is 6.92. The molecule has 1 amide bonds. The lowest BCUT2D eigenvalue weighted by molar-refractivity contribution is -0.121. The largest absolute Gasteiger partial charge is 0.350 e. The van der Waals surface area contributed by atoms with E-state index in [9.17, 15) is 4.79 Å². The molecule has 0 aliphatic carbocycles. The van der Waals surface area contributed by atoms with E-state index in [1.54, 1.807) is 0 Å². The highest BCUT2D eigenvalue weighted by Gasteiger charge is 2.18. The van der Waals surface area contributed by atoms with Crippen LogP contribution in [0, 0.1) is 13.8 Å². The number of nitrogens with one attached hydrogen (secondary N) is 1. The summed E-state index contributed by atoms with van der Waals surface area (Å²) in [6.45, 7) is 4.68. The van der Waals surface area contributed by atoms with Crippen LogP contribution in [-0.2, 0) is 17.9 Å². The molecule has 6 heteroatoms. The van der Waals surface area contributed by atoms with Gasteiger partial charge in [0, 0.05) is 23.5 Å². The van der Waals surface area contributed by atoms with Crippen LogP contribution in [0.25, 0.3) is 22.8 Å². The molecule has 0 radical (unpaired) electrons. The predicted molar refractivity (Wildman–Crippen MR) is 111 cm³/mol. The Morgan fingerprint density at radius 3 is 2.45 bits per heavy atom. The SMILES string of the molecule is Cc1cc(-c2nc(-c3ccccc3)no2)c(C)n1CC(=O)NCc1ccccc1. The van der Waals surface area contributed by atoms with Crippen LogP contribution in [0.15, 0.2) is 71.3 Å². The monoisotopic (exact) mass is 386 g/mol. The summed E-state index contributed by atoms with van der Waals surface area (Å²) in [5, 5.41) is 7.06. The first-order valence-electron chi connectivity index (χ1n) is 9.48. The lowest BCUT2D eigenvalue weighted by atomic mass is 10.2. The first-order chi connectivity index (χ1) is 14.1. The van der Waals surface area contributed by atoms with Gasteiger partial charge in [-0.05, 0) is 25.5 Å². The van der Waals surface area contributed by atoms with Gasteiger partial charge >= 0.3 is 0 Å². The smallest absolute Gasteiger partial charge is 0.260 e. The van der Waals surface area contributed by atoms with Gasteiger partial charge in [-0.2, -0.15) is 4.98 Å². The Kier molecular flexibility index (Phi) is 5.24. The lowest BCUT2D eigenvalue weighted by Crippen LogP contribution is -2.27. The van der Waals surface area contributed by atoms with Crippen molar-refractivity contribution in [2.75, 3.05) is 0 Å². The minimum atomic E-state index is -0.0438. The fourth-order valence-corrected chi connectivity index (χ4v) is 3.29. The summed E-state index contributed by atoms with van der Waals surface area (Å²) < 4.78 is 7.45. The van der Waals surface area contributed by atoms with Gasteiger partial charge in [-0.1, -0.05) is 65.8 Å². The Balaban J connectivity index is 1.49. The molecular weight excluding hydrogens is 364 g/mol. The fraction of sp³-hybridized carbons (Fsp3) is 0.174. The summed E-state index contributed by atoms with van der Waals surface area (Å²) in [6, 6.07) is 21.5. The summed E-state index contributed by atoms with van der Waals surface area (Å²) in [4.78, 5) is 17.0. The lowest BCUT2D eigenvalue weighted by Gasteiger charge is -2.10. The first-order valence-corrected chi connectivity index (χ1v) is 9.48. The van der Waals surface area contributed by atoms with E-state index < -0.39 is 0 Å². The van der Waals surface area contributed by atoms with Crippen molar-refractivity contribution in [1.82, 2.24) is 20.0 Å². The summed E-state index contributed by atoms with van der Waals surface area (Å²) in [5.41, 5.74) is 4.69. The number of benzene rings is 2. The summed E-state index contributed by atoms with van der Waals surface area (Å²) >= 11 is 0. The van der Waals surface area contributed by atoms with Gasteiger partial charge in [0.1, 0.15) is 6.54 Å². The van der Waals surface area contributed by atoms with Gasteiger partial charge in [-0.15, -0.1) is 0 Å². The van der Waals surface area contributed by atoms with E-state index in [0.29, 0.717) is 18.3 Å². The Morgan fingerprint density at radius 2 is 1.72 bits per heavy atom. The van der Waals surface area contributed by atoms with E-state index in [1.165, 1.54) is 0 Å². The number of carbonyl (C=O) groups excluding carboxylic acids is 1. The molecule has 29 heavy (non-hydrogen) atoms. The van der Waals surface area contributed by atoms with Crippen molar-refractivity contribution in [3.63, 3.8) is 0 Å². The molecule has 0 aliphatic rings. The molecule has 0 saturated heterocycles. The number of rotatable bonds is 6. The zero-order valence-electron chi connectivity index (χ0n) is 16.4. The Morgan fingerprint density at radius 1 is 1.03 bits per heavy atom. The normalized spacial score (nSPS) is 10.8. The predicted octanol–water partition coefficient (Wildman–Crippen LogP) is 4.14. The molecule has 4 aromatic rings. The van der Waals surface area contributed by atoms with Crippen molar-refractivity contribution in [2.45, 2.75) is 26.9 Å². The molecule has 0 bridgehead atoms. The van der Waals surface area contributed by atoms with Gasteiger partial charge < -0.3 is 14.4 Å². The zero-order chi connectivity index (χ0) is 20.2. The van der Waals surface area contributed by atoms with Gasteiger partial charge in [0.25, 0.3) is 5.89 Å². The number of aromatic nitrogens is 3. The zero-order valence-corrected chi connectivity index (χ0v) is 16.4. The van der Waals surface area contributed by atoms with Crippen LogP contribution < -0.4 is 5.32 Å². The molecule has 2 heterocycles. The Labute approximate surface area is 169 Å². The Bertz CT molecular complexity index is 1110. The molecular formula is C23H22N4O2. The van der Waals surface area contributed by atoms with Crippen LogP contribution in [0.3, 0.4) is 0 Å². The van der Waals surface area contributed by atoms with Crippen LogP contribution in [0.2, 0.25) is 0 Å². The van der Waals surface area contributed by atoms with Crippen molar-refractivity contribution >= 4 is 5.91 Å². The Hall–Kier alpha value is -3.67. The van der Waals surface area contributed by atoms with E-state index in [4.69, 9.17) is 4.52 Å². The van der Waals surface area contributed by atoms with Crippen molar-refractivity contribution in [3.8, 4) is 22.8 Å². The van der Waals surface area contributed by atoms with Crippen molar-refractivity contribution in [2.24, 2.45) is 0 Å². The topological polar surface area (TPSA) is 73.0 Å². The maximum atomic E-state index is 12.4. The van der Waals surface area contributed by atoms with E-state index in [2.05, 4.69) is 15.5 Å². The molecule has 1 N–H and O–H groups in total. The van der Waals surface area contributed by atoms with Gasteiger partial charge in [0.05, 0.1) is 5.56 Å². The quantitative estimate of drug-likeness (QED) is 0.541. The highest BCUT2D eigenvalue weighted by Crippen LogP contribution is 2.27. The van der Waals surface area contributed by atoms with E-state index in [0.717, 1.165) is 28.1 Å². The highest BCUT2D eigenvalue weighted by molar-refractivity contribution is 5.76.